The lowest BCUT2D eigenvalue weighted by molar-refractivity contribution is 1.28. The second-order valence-corrected chi connectivity index (χ2v) is 9.05. The zero-order valence-corrected chi connectivity index (χ0v) is 20.5. The van der Waals surface area contributed by atoms with Crippen molar-refractivity contribution in [2.45, 2.75) is 0 Å². The summed E-state index contributed by atoms with van der Waals surface area (Å²) in [5.41, 5.74) is 10.6. The molecule has 0 saturated carbocycles. The van der Waals surface area contributed by atoms with Crippen LogP contribution in [-0.4, -0.2) is 0 Å². The smallest absolute Gasteiger partial charge is 0.0540 e. The number of benzene rings is 6. The summed E-state index contributed by atoms with van der Waals surface area (Å²) in [7, 11) is 0. The molecule has 1 nitrogen and oxygen atoms in total. The summed E-state index contributed by atoms with van der Waals surface area (Å²) in [6, 6.07) is 58.1. The largest absolute Gasteiger partial charge is 0.310 e. The summed E-state index contributed by atoms with van der Waals surface area (Å²) in [6.45, 7) is 0. The Morgan fingerprint density at radius 3 is 1.16 bits per heavy atom. The van der Waals surface area contributed by atoms with Crippen molar-refractivity contribution < 1.29 is 0 Å². The molecule has 0 spiro atoms. The molecule has 0 aromatic heterocycles. The van der Waals surface area contributed by atoms with Gasteiger partial charge < -0.3 is 4.90 Å². The first-order valence-corrected chi connectivity index (χ1v) is 12.6. The molecular formula is C36H27N. The lowest BCUT2D eigenvalue weighted by Crippen LogP contribution is -2.10. The van der Waals surface area contributed by atoms with E-state index in [2.05, 4.69) is 169 Å². The van der Waals surface area contributed by atoms with Gasteiger partial charge in [0.2, 0.25) is 0 Å². The van der Waals surface area contributed by atoms with E-state index in [1.807, 2.05) is 0 Å². The predicted octanol–water partition coefficient (Wildman–Crippen LogP) is 10.2. The third kappa shape index (κ3) is 4.80. The highest BCUT2D eigenvalue weighted by atomic mass is 15.1. The first kappa shape index (κ1) is 22.6. The minimum absolute atomic E-state index is 1.13. The van der Waals surface area contributed by atoms with Crippen molar-refractivity contribution >= 4 is 17.1 Å². The quantitative estimate of drug-likeness (QED) is 0.233. The van der Waals surface area contributed by atoms with Gasteiger partial charge in [-0.05, 0) is 76.3 Å². The summed E-state index contributed by atoms with van der Waals surface area (Å²) in [6.07, 6.45) is 0. The minimum atomic E-state index is 1.13. The Bertz CT molecular complexity index is 1490. The van der Waals surface area contributed by atoms with Gasteiger partial charge in [-0.1, -0.05) is 115 Å². The molecule has 0 bridgehead atoms. The molecule has 6 aromatic carbocycles. The van der Waals surface area contributed by atoms with Gasteiger partial charge in [0.05, 0.1) is 5.69 Å². The van der Waals surface area contributed by atoms with E-state index in [0.29, 0.717) is 0 Å². The number of nitrogens with zero attached hydrogens (tertiary/aromatic N) is 1. The summed E-state index contributed by atoms with van der Waals surface area (Å²) in [5, 5.41) is 0. The Hall–Kier alpha value is -4.88. The molecule has 0 fully saturated rings. The fourth-order valence-corrected chi connectivity index (χ4v) is 4.87. The molecule has 0 saturated heterocycles. The molecule has 6 rings (SSSR count). The van der Waals surface area contributed by atoms with Gasteiger partial charge in [-0.25, -0.2) is 0 Å². The van der Waals surface area contributed by atoms with Gasteiger partial charge >= 0.3 is 0 Å². The van der Waals surface area contributed by atoms with Crippen molar-refractivity contribution in [2.24, 2.45) is 0 Å². The Balaban J connectivity index is 1.58. The van der Waals surface area contributed by atoms with Crippen LogP contribution in [0, 0.1) is 0 Å². The standard InChI is InChI=1S/C36H27N/c1-5-15-28(16-6-1)30-25-31(29-17-7-2-8-18-29)27-32(26-30)35-23-13-14-24-36(35)37(33-19-9-3-10-20-33)34-21-11-4-12-22-34/h1-27H. The molecule has 0 aliphatic carbocycles. The van der Waals surface area contributed by atoms with Crippen LogP contribution >= 0.6 is 0 Å². The van der Waals surface area contributed by atoms with E-state index in [0.717, 1.165) is 17.1 Å². The zero-order valence-electron chi connectivity index (χ0n) is 20.5. The Labute approximate surface area is 218 Å². The Kier molecular flexibility index (Phi) is 6.34. The van der Waals surface area contributed by atoms with Crippen LogP contribution in [-0.2, 0) is 0 Å². The maximum Gasteiger partial charge on any atom is 0.0540 e. The number of rotatable bonds is 6. The van der Waals surface area contributed by atoms with Gasteiger partial charge in [0.25, 0.3) is 0 Å². The average Bonchev–Trinajstić information content (AvgIpc) is 2.99. The number of anilines is 3. The molecule has 0 aliphatic heterocycles. The van der Waals surface area contributed by atoms with Crippen molar-refractivity contribution in [1.82, 2.24) is 0 Å². The van der Waals surface area contributed by atoms with Crippen molar-refractivity contribution in [1.29, 1.82) is 0 Å². The van der Waals surface area contributed by atoms with Gasteiger partial charge in [0.1, 0.15) is 0 Å². The molecule has 0 radical (unpaired) electrons. The Morgan fingerprint density at radius 1 is 0.297 bits per heavy atom. The third-order valence-corrected chi connectivity index (χ3v) is 6.63. The van der Waals surface area contributed by atoms with Crippen LogP contribution in [0.1, 0.15) is 0 Å². The third-order valence-electron chi connectivity index (χ3n) is 6.63. The van der Waals surface area contributed by atoms with E-state index in [9.17, 15) is 0 Å². The van der Waals surface area contributed by atoms with Gasteiger partial charge in [0, 0.05) is 16.9 Å². The van der Waals surface area contributed by atoms with Crippen LogP contribution in [0.15, 0.2) is 164 Å². The van der Waals surface area contributed by atoms with Gasteiger partial charge in [-0.2, -0.15) is 0 Å². The van der Waals surface area contributed by atoms with Crippen molar-refractivity contribution in [2.75, 3.05) is 4.90 Å². The van der Waals surface area contributed by atoms with Crippen molar-refractivity contribution in [3.8, 4) is 33.4 Å². The van der Waals surface area contributed by atoms with Gasteiger partial charge in [-0.3, -0.25) is 0 Å². The highest BCUT2D eigenvalue weighted by Crippen LogP contribution is 2.42. The minimum Gasteiger partial charge on any atom is -0.310 e. The monoisotopic (exact) mass is 473 g/mol. The van der Waals surface area contributed by atoms with Crippen molar-refractivity contribution in [3.05, 3.63) is 164 Å². The molecule has 0 aliphatic rings. The fourth-order valence-electron chi connectivity index (χ4n) is 4.87. The summed E-state index contributed by atoms with van der Waals surface area (Å²) in [4.78, 5) is 2.34. The molecule has 0 atom stereocenters. The SMILES string of the molecule is c1ccc(-c2cc(-c3ccccc3)cc(-c3ccccc3N(c3ccccc3)c3ccccc3)c2)cc1. The lowest BCUT2D eigenvalue weighted by Gasteiger charge is -2.28. The molecule has 0 amide bonds. The van der Waals surface area contributed by atoms with E-state index in [1.165, 1.54) is 33.4 Å². The summed E-state index contributed by atoms with van der Waals surface area (Å²) >= 11 is 0. The first-order chi connectivity index (χ1) is 18.4. The van der Waals surface area contributed by atoms with E-state index in [4.69, 9.17) is 0 Å². The summed E-state index contributed by atoms with van der Waals surface area (Å²) < 4.78 is 0. The van der Waals surface area contributed by atoms with Crippen molar-refractivity contribution in [3.63, 3.8) is 0 Å². The Morgan fingerprint density at radius 2 is 0.676 bits per heavy atom. The van der Waals surface area contributed by atoms with Gasteiger partial charge in [0.15, 0.2) is 0 Å². The number of para-hydroxylation sites is 3. The highest BCUT2D eigenvalue weighted by molar-refractivity contribution is 5.91. The van der Waals surface area contributed by atoms with Crippen LogP contribution in [0.5, 0.6) is 0 Å². The molecule has 1 heteroatoms. The maximum atomic E-state index is 2.34. The molecule has 0 N–H and O–H groups in total. The second kappa shape index (κ2) is 10.4. The van der Waals surface area contributed by atoms with E-state index < -0.39 is 0 Å². The normalized spacial score (nSPS) is 10.7. The lowest BCUT2D eigenvalue weighted by atomic mass is 9.92. The van der Waals surface area contributed by atoms with Crippen LogP contribution in [0.3, 0.4) is 0 Å². The maximum absolute atomic E-state index is 2.34. The molecular weight excluding hydrogens is 446 g/mol. The molecule has 0 unspecified atom stereocenters. The van der Waals surface area contributed by atoms with Crippen LogP contribution < -0.4 is 4.90 Å². The van der Waals surface area contributed by atoms with Crippen LogP contribution in [0.25, 0.3) is 33.4 Å². The van der Waals surface area contributed by atoms with E-state index in [1.54, 1.807) is 0 Å². The number of hydrogen-bond acceptors (Lipinski definition) is 1. The fraction of sp³-hybridized carbons (Fsp3) is 0. The molecule has 0 heterocycles. The molecule has 6 aromatic rings. The highest BCUT2D eigenvalue weighted by Gasteiger charge is 2.17. The predicted molar refractivity (Wildman–Crippen MR) is 157 cm³/mol. The van der Waals surface area contributed by atoms with E-state index >= 15 is 0 Å². The second-order valence-electron chi connectivity index (χ2n) is 9.05. The van der Waals surface area contributed by atoms with Crippen LogP contribution in [0.2, 0.25) is 0 Å². The number of hydrogen-bond donors (Lipinski definition) is 0. The molecule has 176 valence electrons. The first-order valence-electron chi connectivity index (χ1n) is 12.6. The molecule has 37 heavy (non-hydrogen) atoms. The van der Waals surface area contributed by atoms with E-state index in [-0.39, 0.29) is 0 Å². The van der Waals surface area contributed by atoms with Crippen LogP contribution in [0.4, 0.5) is 17.1 Å². The van der Waals surface area contributed by atoms with Gasteiger partial charge in [-0.15, -0.1) is 0 Å². The summed E-state index contributed by atoms with van der Waals surface area (Å²) in [5.74, 6) is 0. The average molecular weight is 474 g/mol. The zero-order chi connectivity index (χ0) is 24.9. The topological polar surface area (TPSA) is 3.24 Å².